The molecular weight excluding hydrogens is 308 g/mol. The number of sulfonamides is 1. The lowest BCUT2D eigenvalue weighted by atomic mass is 10.1. The van der Waals surface area contributed by atoms with Crippen LogP contribution in [-0.2, 0) is 10.0 Å². The SMILES string of the molecule is O=S(=O)(c1cncc(Br)c1)N1CCCC(O)C1. The average molecular weight is 321 g/mol. The lowest BCUT2D eigenvalue weighted by Gasteiger charge is -2.29. The summed E-state index contributed by atoms with van der Waals surface area (Å²) in [7, 11) is -3.54. The standard InChI is InChI=1S/C10H13BrN2O3S/c11-8-4-10(6-12-5-8)17(15,16)13-3-1-2-9(14)7-13/h4-6,9,14H,1-3,7H2. The van der Waals surface area contributed by atoms with Crippen LogP contribution in [0.5, 0.6) is 0 Å². The van der Waals surface area contributed by atoms with Crippen molar-refractivity contribution >= 4 is 26.0 Å². The quantitative estimate of drug-likeness (QED) is 0.882. The lowest BCUT2D eigenvalue weighted by Crippen LogP contribution is -2.42. The van der Waals surface area contributed by atoms with E-state index in [2.05, 4.69) is 20.9 Å². The second-order valence-electron chi connectivity index (χ2n) is 4.00. The first-order valence-electron chi connectivity index (χ1n) is 5.29. The molecule has 1 saturated heterocycles. The molecule has 0 amide bonds. The summed E-state index contributed by atoms with van der Waals surface area (Å²) in [4.78, 5) is 4.00. The molecule has 94 valence electrons. The van der Waals surface area contributed by atoms with Crippen molar-refractivity contribution in [2.24, 2.45) is 0 Å². The van der Waals surface area contributed by atoms with Crippen LogP contribution in [0.25, 0.3) is 0 Å². The highest BCUT2D eigenvalue weighted by atomic mass is 79.9. The number of pyridine rings is 1. The van der Waals surface area contributed by atoms with Crippen molar-refractivity contribution in [3.63, 3.8) is 0 Å². The summed E-state index contributed by atoms with van der Waals surface area (Å²) >= 11 is 3.20. The summed E-state index contributed by atoms with van der Waals surface area (Å²) < 4.78 is 26.4. The molecule has 1 N–H and O–H groups in total. The summed E-state index contributed by atoms with van der Waals surface area (Å²) in [5.74, 6) is 0. The molecule has 7 heteroatoms. The van der Waals surface area contributed by atoms with Gasteiger partial charge in [-0.3, -0.25) is 4.98 Å². The largest absolute Gasteiger partial charge is 0.392 e. The molecule has 1 fully saturated rings. The van der Waals surface area contributed by atoms with E-state index in [1.54, 1.807) is 0 Å². The Balaban J connectivity index is 2.29. The van der Waals surface area contributed by atoms with Crippen molar-refractivity contribution in [1.82, 2.24) is 9.29 Å². The van der Waals surface area contributed by atoms with Crippen molar-refractivity contribution in [2.75, 3.05) is 13.1 Å². The van der Waals surface area contributed by atoms with Gasteiger partial charge in [0.05, 0.1) is 6.10 Å². The number of β-amino-alcohol motifs (C(OH)–C–C–N with tert-alkyl or cyclic N) is 1. The molecule has 1 atom stereocenters. The van der Waals surface area contributed by atoms with Gasteiger partial charge in [0, 0.05) is 30.0 Å². The van der Waals surface area contributed by atoms with Crippen molar-refractivity contribution in [3.05, 3.63) is 22.9 Å². The zero-order chi connectivity index (χ0) is 12.5. The minimum atomic E-state index is -3.54. The van der Waals surface area contributed by atoms with Crippen LogP contribution in [0.15, 0.2) is 27.8 Å². The third-order valence-corrected chi connectivity index (χ3v) is 4.94. The van der Waals surface area contributed by atoms with E-state index in [-0.39, 0.29) is 11.4 Å². The van der Waals surface area contributed by atoms with Crippen LogP contribution in [0.2, 0.25) is 0 Å². The predicted molar refractivity (Wildman–Crippen MR) is 65.9 cm³/mol. The molecule has 2 rings (SSSR count). The first kappa shape index (κ1) is 12.9. The number of halogens is 1. The van der Waals surface area contributed by atoms with E-state index in [0.29, 0.717) is 23.9 Å². The Labute approximate surface area is 109 Å². The first-order valence-corrected chi connectivity index (χ1v) is 7.52. The molecular formula is C10H13BrN2O3S. The van der Waals surface area contributed by atoms with Gasteiger partial charge in [-0.2, -0.15) is 4.31 Å². The summed E-state index contributed by atoms with van der Waals surface area (Å²) in [6.45, 7) is 0.612. The van der Waals surface area contributed by atoms with Gasteiger partial charge in [0.15, 0.2) is 0 Å². The Morgan fingerprint density at radius 2 is 2.24 bits per heavy atom. The van der Waals surface area contributed by atoms with Crippen LogP contribution in [0.4, 0.5) is 0 Å². The van der Waals surface area contributed by atoms with E-state index in [9.17, 15) is 13.5 Å². The second kappa shape index (κ2) is 5.01. The molecule has 1 aromatic rings. The summed E-state index contributed by atoms with van der Waals surface area (Å²) in [6.07, 6.45) is 3.62. The summed E-state index contributed by atoms with van der Waals surface area (Å²) in [5.41, 5.74) is 0. The minimum absolute atomic E-state index is 0.154. The van der Waals surface area contributed by atoms with Crippen molar-refractivity contribution in [3.8, 4) is 0 Å². The first-order chi connectivity index (χ1) is 8.00. The maximum atomic E-state index is 12.2. The van der Waals surface area contributed by atoms with E-state index in [1.807, 2.05) is 0 Å². The van der Waals surface area contributed by atoms with E-state index >= 15 is 0 Å². The van der Waals surface area contributed by atoms with Crippen LogP contribution in [0.1, 0.15) is 12.8 Å². The smallest absolute Gasteiger partial charge is 0.244 e. The van der Waals surface area contributed by atoms with Crippen LogP contribution in [0, 0.1) is 0 Å². The Kier molecular flexibility index (Phi) is 3.82. The molecule has 0 spiro atoms. The number of aromatic nitrogens is 1. The maximum absolute atomic E-state index is 12.2. The number of hydrogen-bond donors (Lipinski definition) is 1. The molecule has 1 aliphatic rings. The topological polar surface area (TPSA) is 70.5 Å². The fraction of sp³-hybridized carbons (Fsp3) is 0.500. The molecule has 1 aliphatic heterocycles. The Morgan fingerprint density at radius 1 is 1.47 bits per heavy atom. The van der Waals surface area contributed by atoms with Gasteiger partial charge in [0.1, 0.15) is 4.90 Å². The highest BCUT2D eigenvalue weighted by molar-refractivity contribution is 9.10. The van der Waals surface area contributed by atoms with Crippen LogP contribution in [-0.4, -0.2) is 42.0 Å². The molecule has 0 aromatic carbocycles. The van der Waals surface area contributed by atoms with Crippen molar-refractivity contribution < 1.29 is 13.5 Å². The molecule has 0 radical (unpaired) electrons. The molecule has 0 bridgehead atoms. The molecule has 1 unspecified atom stereocenters. The van der Waals surface area contributed by atoms with E-state index in [0.717, 1.165) is 0 Å². The number of aliphatic hydroxyl groups excluding tert-OH is 1. The number of aliphatic hydroxyl groups is 1. The highest BCUT2D eigenvalue weighted by Gasteiger charge is 2.29. The van der Waals surface area contributed by atoms with Crippen molar-refractivity contribution in [1.29, 1.82) is 0 Å². The highest BCUT2D eigenvalue weighted by Crippen LogP contribution is 2.22. The van der Waals surface area contributed by atoms with Gasteiger partial charge in [0.2, 0.25) is 10.0 Å². The average Bonchev–Trinajstić information content (AvgIpc) is 2.29. The monoisotopic (exact) mass is 320 g/mol. The van der Waals surface area contributed by atoms with Crippen molar-refractivity contribution in [2.45, 2.75) is 23.8 Å². The van der Waals surface area contributed by atoms with Gasteiger partial charge in [-0.15, -0.1) is 0 Å². The molecule has 0 aliphatic carbocycles. The predicted octanol–water partition coefficient (Wildman–Crippen LogP) is 0.990. The zero-order valence-electron chi connectivity index (χ0n) is 9.08. The molecule has 17 heavy (non-hydrogen) atoms. The van der Waals surface area contributed by atoms with Gasteiger partial charge >= 0.3 is 0 Å². The van der Waals surface area contributed by atoms with Crippen LogP contribution in [0.3, 0.4) is 0 Å². The fourth-order valence-electron chi connectivity index (χ4n) is 1.82. The normalized spacial score (nSPS) is 22.6. The zero-order valence-corrected chi connectivity index (χ0v) is 11.5. The maximum Gasteiger partial charge on any atom is 0.244 e. The van der Waals surface area contributed by atoms with Gasteiger partial charge in [-0.1, -0.05) is 0 Å². The summed E-state index contributed by atoms with van der Waals surface area (Å²) in [5, 5.41) is 9.51. The van der Waals surface area contributed by atoms with Crippen LogP contribution >= 0.6 is 15.9 Å². The fourth-order valence-corrected chi connectivity index (χ4v) is 3.84. The molecule has 2 heterocycles. The third-order valence-electron chi connectivity index (χ3n) is 2.68. The van der Waals surface area contributed by atoms with E-state index in [1.165, 1.54) is 22.8 Å². The third kappa shape index (κ3) is 2.85. The number of piperidine rings is 1. The molecule has 1 aromatic heterocycles. The molecule has 0 saturated carbocycles. The van der Waals surface area contributed by atoms with Gasteiger partial charge < -0.3 is 5.11 Å². The summed E-state index contributed by atoms with van der Waals surface area (Å²) in [6, 6.07) is 1.52. The minimum Gasteiger partial charge on any atom is -0.392 e. The Hall–Kier alpha value is -0.500. The number of nitrogens with zero attached hydrogens (tertiary/aromatic N) is 2. The van der Waals surface area contributed by atoms with E-state index < -0.39 is 16.1 Å². The van der Waals surface area contributed by atoms with Gasteiger partial charge in [-0.05, 0) is 34.8 Å². The molecule has 5 nitrogen and oxygen atoms in total. The Bertz CT molecular complexity index is 506. The van der Waals surface area contributed by atoms with E-state index in [4.69, 9.17) is 0 Å². The lowest BCUT2D eigenvalue weighted by molar-refractivity contribution is 0.108. The van der Waals surface area contributed by atoms with Gasteiger partial charge in [0.25, 0.3) is 0 Å². The van der Waals surface area contributed by atoms with Crippen LogP contribution < -0.4 is 0 Å². The second-order valence-corrected chi connectivity index (χ2v) is 6.85. The number of hydrogen-bond acceptors (Lipinski definition) is 4. The Morgan fingerprint density at radius 3 is 2.88 bits per heavy atom. The van der Waals surface area contributed by atoms with Gasteiger partial charge in [-0.25, -0.2) is 8.42 Å². The number of rotatable bonds is 2.